The third-order valence-corrected chi connectivity index (χ3v) is 6.72. The van der Waals surface area contributed by atoms with Gasteiger partial charge in [0.05, 0.1) is 16.8 Å². The van der Waals surface area contributed by atoms with E-state index in [1.54, 1.807) is 4.57 Å². The first-order chi connectivity index (χ1) is 16.2. The number of thioether (sulfide) groups is 1. The molecule has 1 N–H and O–H groups in total. The molecule has 4 aromatic rings. The summed E-state index contributed by atoms with van der Waals surface area (Å²) in [6.45, 7) is 0.463. The normalized spacial score (nSPS) is 13.0. The van der Waals surface area contributed by atoms with Crippen LogP contribution in [-0.4, -0.2) is 26.2 Å². The number of nitrogens with zero attached hydrogens (tertiary/aromatic N) is 3. The first kappa shape index (κ1) is 21.4. The highest BCUT2D eigenvalue weighted by Gasteiger charge is 2.19. The van der Waals surface area contributed by atoms with Gasteiger partial charge in [0.25, 0.3) is 5.56 Å². The maximum Gasteiger partial charge on any atom is 0.268 e. The molecule has 6 nitrogen and oxygen atoms in total. The van der Waals surface area contributed by atoms with Gasteiger partial charge < -0.3 is 5.32 Å². The molecular weight excluding hydrogens is 432 g/mol. The lowest BCUT2D eigenvalue weighted by molar-refractivity contribution is -0.118. The smallest absolute Gasteiger partial charge is 0.268 e. The van der Waals surface area contributed by atoms with Crippen LogP contribution in [0.3, 0.4) is 0 Å². The van der Waals surface area contributed by atoms with Gasteiger partial charge in [-0.2, -0.15) is 0 Å². The van der Waals surface area contributed by atoms with Gasteiger partial charge in [-0.1, -0.05) is 60.3 Å². The number of hydrogen-bond acceptors (Lipinski definition) is 5. The van der Waals surface area contributed by atoms with E-state index >= 15 is 0 Å². The number of hydrogen-bond donors (Lipinski definition) is 1. The van der Waals surface area contributed by atoms with Crippen molar-refractivity contribution in [2.45, 2.75) is 37.4 Å². The third-order valence-electron chi connectivity index (χ3n) is 5.79. The number of carbonyl (C=O) groups excluding carboxylic acids is 1. The Morgan fingerprint density at radius 1 is 0.970 bits per heavy atom. The molecule has 0 spiro atoms. The van der Waals surface area contributed by atoms with E-state index in [0.29, 0.717) is 22.7 Å². The molecular formula is C26H24N4O2S. The fourth-order valence-corrected chi connectivity index (χ4v) is 4.92. The summed E-state index contributed by atoms with van der Waals surface area (Å²) in [5.74, 6) is 0.0407. The number of pyridine rings is 1. The van der Waals surface area contributed by atoms with Crippen LogP contribution < -0.4 is 10.9 Å². The van der Waals surface area contributed by atoms with Gasteiger partial charge in [0, 0.05) is 12.2 Å². The molecule has 0 radical (unpaired) electrons. The molecule has 0 saturated carbocycles. The zero-order valence-corrected chi connectivity index (χ0v) is 19.0. The van der Waals surface area contributed by atoms with E-state index < -0.39 is 0 Å². The van der Waals surface area contributed by atoms with Crippen molar-refractivity contribution in [2.24, 2.45) is 0 Å². The summed E-state index contributed by atoms with van der Waals surface area (Å²) in [6.07, 6.45) is 4.09. The first-order valence-electron chi connectivity index (χ1n) is 11.1. The van der Waals surface area contributed by atoms with Gasteiger partial charge in [0.2, 0.25) is 5.91 Å². The van der Waals surface area contributed by atoms with Crippen molar-refractivity contribution in [3.63, 3.8) is 0 Å². The molecule has 0 saturated heterocycles. The predicted octanol–water partition coefficient (Wildman–Crippen LogP) is 4.07. The Morgan fingerprint density at radius 2 is 1.70 bits per heavy atom. The van der Waals surface area contributed by atoms with Crippen LogP contribution in [0, 0.1) is 0 Å². The fraction of sp³-hybridized carbons (Fsp3) is 0.231. The minimum atomic E-state index is -0.153. The van der Waals surface area contributed by atoms with E-state index in [9.17, 15) is 9.59 Å². The molecule has 166 valence electrons. The van der Waals surface area contributed by atoms with Crippen LogP contribution in [0.5, 0.6) is 0 Å². The highest BCUT2D eigenvalue weighted by molar-refractivity contribution is 7.99. The van der Waals surface area contributed by atoms with E-state index in [1.165, 1.54) is 11.8 Å². The molecule has 0 bridgehead atoms. The van der Waals surface area contributed by atoms with E-state index in [-0.39, 0.29) is 17.2 Å². The quantitative estimate of drug-likeness (QED) is 0.350. The van der Waals surface area contributed by atoms with Crippen LogP contribution in [-0.2, 0) is 24.2 Å². The van der Waals surface area contributed by atoms with Crippen LogP contribution in [0.25, 0.3) is 16.7 Å². The lowest BCUT2D eigenvalue weighted by Crippen LogP contribution is -2.26. The molecule has 2 heterocycles. The number of rotatable bonds is 6. The monoisotopic (exact) mass is 456 g/mol. The molecule has 1 amide bonds. The van der Waals surface area contributed by atoms with Gasteiger partial charge in [-0.25, -0.2) is 9.97 Å². The largest absolute Gasteiger partial charge is 0.351 e. The number of benzene rings is 2. The predicted molar refractivity (Wildman–Crippen MR) is 131 cm³/mol. The molecule has 0 aliphatic heterocycles. The van der Waals surface area contributed by atoms with Crippen molar-refractivity contribution in [3.05, 3.63) is 93.9 Å². The molecule has 0 atom stereocenters. The Bertz CT molecular complexity index is 1350. The Labute approximate surface area is 196 Å². The maximum absolute atomic E-state index is 13.6. The lowest BCUT2D eigenvalue weighted by atomic mass is 9.95. The Balaban J connectivity index is 1.47. The molecule has 2 aromatic heterocycles. The van der Waals surface area contributed by atoms with Crippen molar-refractivity contribution >= 4 is 28.7 Å². The molecule has 1 aliphatic rings. The van der Waals surface area contributed by atoms with E-state index in [4.69, 9.17) is 9.97 Å². The van der Waals surface area contributed by atoms with E-state index in [2.05, 4.69) is 5.32 Å². The standard InChI is InChI=1S/C26H24N4O2S/c31-23(27-16-18-9-3-1-4-10-18)17-33-26-29-24-21(15-19-11-7-8-14-22(19)28-24)25(32)30(26)20-12-5-2-6-13-20/h1-6,9-10,12-13,15H,7-8,11,14,16-17H2,(H,27,31). The summed E-state index contributed by atoms with van der Waals surface area (Å²) in [7, 11) is 0. The number of nitrogens with one attached hydrogen (secondary N) is 1. The second-order valence-corrected chi connectivity index (χ2v) is 9.04. The van der Waals surface area contributed by atoms with Crippen LogP contribution in [0.2, 0.25) is 0 Å². The molecule has 0 fully saturated rings. The number of carbonyl (C=O) groups is 1. The van der Waals surface area contributed by atoms with E-state index in [0.717, 1.165) is 48.2 Å². The highest BCUT2D eigenvalue weighted by atomic mass is 32.2. The Kier molecular flexibility index (Phi) is 6.21. The minimum absolute atomic E-state index is 0.115. The number of fused-ring (bicyclic) bond motifs is 2. The maximum atomic E-state index is 13.6. The average Bonchev–Trinajstić information content (AvgIpc) is 2.86. The van der Waals surface area contributed by atoms with Gasteiger partial charge in [-0.05, 0) is 55.0 Å². The van der Waals surface area contributed by atoms with Gasteiger partial charge in [0.1, 0.15) is 0 Å². The van der Waals surface area contributed by atoms with Crippen LogP contribution >= 0.6 is 11.8 Å². The zero-order valence-electron chi connectivity index (χ0n) is 18.2. The van der Waals surface area contributed by atoms with Crippen molar-refractivity contribution in [1.82, 2.24) is 19.9 Å². The van der Waals surface area contributed by atoms with E-state index in [1.807, 2.05) is 66.7 Å². The molecule has 7 heteroatoms. The number of aromatic nitrogens is 3. The highest BCUT2D eigenvalue weighted by Crippen LogP contribution is 2.25. The second-order valence-electron chi connectivity index (χ2n) is 8.09. The number of aryl methyl sites for hydroxylation is 2. The van der Waals surface area contributed by atoms with Crippen LogP contribution in [0.1, 0.15) is 29.7 Å². The fourth-order valence-electron chi connectivity index (χ4n) is 4.09. The summed E-state index contributed by atoms with van der Waals surface area (Å²) in [5, 5.41) is 3.93. The lowest BCUT2D eigenvalue weighted by Gasteiger charge is -2.17. The summed E-state index contributed by atoms with van der Waals surface area (Å²) in [4.78, 5) is 35.6. The van der Waals surface area contributed by atoms with Gasteiger partial charge >= 0.3 is 0 Å². The van der Waals surface area contributed by atoms with Crippen molar-refractivity contribution in [3.8, 4) is 5.69 Å². The Morgan fingerprint density at radius 3 is 2.48 bits per heavy atom. The topological polar surface area (TPSA) is 76.9 Å². The summed E-state index contributed by atoms with van der Waals surface area (Å²) >= 11 is 1.25. The number of para-hydroxylation sites is 1. The molecule has 0 unspecified atom stereocenters. The molecule has 1 aliphatic carbocycles. The second kappa shape index (κ2) is 9.58. The SMILES string of the molecule is O=C(CSc1nc2nc3c(cc2c(=O)n1-c1ccccc1)CCCC3)NCc1ccccc1. The summed E-state index contributed by atoms with van der Waals surface area (Å²) < 4.78 is 1.59. The first-order valence-corrected chi connectivity index (χ1v) is 12.1. The van der Waals surface area contributed by atoms with Crippen molar-refractivity contribution in [1.29, 1.82) is 0 Å². The van der Waals surface area contributed by atoms with Crippen LogP contribution in [0.15, 0.2) is 76.7 Å². The summed E-state index contributed by atoms with van der Waals surface area (Å²) in [6, 6.07) is 21.2. The number of amides is 1. The molecule has 5 rings (SSSR count). The van der Waals surface area contributed by atoms with Gasteiger partial charge in [-0.15, -0.1) is 0 Å². The summed E-state index contributed by atoms with van der Waals surface area (Å²) in [5.41, 5.74) is 4.25. The minimum Gasteiger partial charge on any atom is -0.351 e. The Hall–Kier alpha value is -3.45. The van der Waals surface area contributed by atoms with Crippen molar-refractivity contribution in [2.75, 3.05) is 5.75 Å². The molecule has 2 aromatic carbocycles. The third kappa shape index (κ3) is 4.68. The molecule has 33 heavy (non-hydrogen) atoms. The van der Waals surface area contributed by atoms with Crippen LogP contribution in [0.4, 0.5) is 0 Å². The van der Waals surface area contributed by atoms with Gasteiger partial charge in [0.15, 0.2) is 10.8 Å². The zero-order chi connectivity index (χ0) is 22.6. The van der Waals surface area contributed by atoms with Crippen molar-refractivity contribution < 1.29 is 4.79 Å². The average molecular weight is 457 g/mol. The van der Waals surface area contributed by atoms with Gasteiger partial charge in [-0.3, -0.25) is 14.2 Å².